The first-order valence-corrected chi connectivity index (χ1v) is 6.87. The Bertz CT molecular complexity index is 434. The molecule has 1 rings (SSSR count). The number of nitrogen functional groups attached to an aromatic ring is 1. The van der Waals surface area contributed by atoms with E-state index in [-0.39, 0.29) is 5.91 Å². The number of hydrogen-bond acceptors (Lipinski definition) is 6. The van der Waals surface area contributed by atoms with Gasteiger partial charge in [0.1, 0.15) is 0 Å². The second kappa shape index (κ2) is 7.82. The highest BCUT2D eigenvalue weighted by Crippen LogP contribution is 2.11. The van der Waals surface area contributed by atoms with Crippen LogP contribution in [0.4, 0.5) is 0 Å². The molecule has 1 heterocycles. The third kappa shape index (κ3) is 4.93. The van der Waals surface area contributed by atoms with Crippen molar-refractivity contribution in [3.05, 3.63) is 16.1 Å². The standard InChI is InChI=1S/C11H19N5O2S/c1-3-4-16(6-9(17)13-2)5-8-7-19-11(14-8)10(18)15-12/h7H,3-6,12H2,1-2H3,(H,13,17)(H,15,18). The molecule has 0 radical (unpaired) electrons. The number of carbonyl (C=O) groups is 2. The van der Waals surface area contributed by atoms with Crippen LogP contribution in [-0.4, -0.2) is 41.8 Å². The minimum atomic E-state index is -0.399. The predicted molar refractivity (Wildman–Crippen MR) is 73.4 cm³/mol. The lowest BCUT2D eigenvalue weighted by molar-refractivity contribution is -0.121. The first-order valence-electron chi connectivity index (χ1n) is 5.99. The van der Waals surface area contributed by atoms with Gasteiger partial charge in [0.15, 0.2) is 5.01 Å². The van der Waals surface area contributed by atoms with Crippen molar-refractivity contribution >= 4 is 23.2 Å². The van der Waals surface area contributed by atoms with E-state index < -0.39 is 5.91 Å². The number of nitrogens with zero attached hydrogens (tertiary/aromatic N) is 2. The average molecular weight is 285 g/mol. The fraction of sp³-hybridized carbons (Fsp3) is 0.545. The minimum Gasteiger partial charge on any atom is -0.358 e. The van der Waals surface area contributed by atoms with Gasteiger partial charge in [-0.15, -0.1) is 11.3 Å². The number of likely N-dealkylation sites (N-methyl/N-ethyl adjacent to an activating group) is 1. The molecule has 0 aromatic carbocycles. The summed E-state index contributed by atoms with van der Waals surface area (Å²) in [7, 11) is 1.61. The SMILES string of the molecule is CCCN(CC(=O)NC)Cc1csc(C(=O)NN)n1. The van der Waals surface area contributed by atoms with Crippen molar-refractivity contribution in [1.82, 2.24) is 20.6 Å². The van der Waals surface area contributed by atoms with Gasteiger partial charge in [0.25, 0.3) is 5.91 Å². The number of thiazole rings is 1. The Balaban J connectivity index is 2.65. The molecule has 0 atom stereocenters. The number of nitrogens with two attached hydrogens (primary N) is 1. The van der Waals surface area contributed by atoms with E-state index in [1.165, 1.54) is 11.3 Å². The molecule has 0 aliphatic carbocycles. The van der Waals surface area contributed by atoms with E-state index in [1.54, 1.807) is 12.4 Å². The second-order valence-corrected chi connectivity index (χ2v) is 4.86. The quantitative estimate of drug-likeness (QED) is 0.363. The molecule has 0 fully saturated rings. The van der Waals surface area contributed by atoms with Crippen LogP contribution >= 0.6 is 11.3 Å². The monoisotopic (exact) mass is 285 g/mol. The van der Waals surface area contributed by atoms with Crippen LogP contribution in [0.15, 0.2) is 5.38 Å². The topological polar surface area (TPSA) is 100 Å². The normalized spacial score (nSPS) is 10.5. The molecule has 4 N–H and O–H groups in total. The minimum absolute atomic E-state index is 0.0383. The smallest absolute Gasteiger partial charge is 0.294 e. The molecular formula is C11H19N5O2S. The summed E-state index contributed by atoms with van der Waals surface area (Å²) in [6, 6.07) is 0. The third-order valence-corrected chi connectivity index (χ3v) is 3.34. The van der Waals surface area contributed by atoms with Crippen LogP contribution < -0.4 is 16.6 Å². The molecule has 1 aromatic heterocycles. The van der Waals surface area contributed by atoms with Gasteiger partial charge in [-0.1, -0.05) is 6.92 Å². The molecule has 19 heavy (non-hydrogen) atoms. The van der Waals surface area contributed by atoms with Gasteiger partial charge in [0.2, 0.25) is 5.91 Å². The van der Waals surface area contributed by atoms with E-state index >= 15 is 0 Å². The van der Waals surface area contributed by atoms with Crippen LogP contribution in [0.25, 0.3) is 0 Å². The molecule has 0 spiro atoms. The average Bonchev–Trinajstić information content (AvgIpc) is 2.86. The van der Waals surface area contributed by atoms with Gasteiger partial charge in [-0.2, -0.15) is 0 Å². The second-order valence-electron chi connectivity index (χ2n) is 4.00. The van der Waals surface area contributed by atoms with Crippen molar-refractivity contribution in [3.8, 4) is 0 Å². The summed E-state index contributed by atoms with van der Waals surface area (Å²) < 4.78 is 0. The maximum atomic E-state index is 11.4. The first kappa shape index (κ1) is 15.5. The fourth-order valence-corrected chi connectivity index (χ4v) is 2.30. The lowest BCUT2D eigenvalue weighted by Crippen LogP contribution is -2.35. The van der Waals surface area contributed by atoms with E-state index in [9.17, 15) is 9.59 Å². The zero-order chi connectivity index (χ0) is 14.3. The zero-order valence-corrected chi connectivity index (χ0v) is 11.9. The summed E-state index contributed by atoms with van der Waals surface area (Å²) >= 11 is 1.24. The highest BCUT2D eigenvalue weighted by molar-refractivity contribution is 7.11. The first-order chi connectivity index (χ1) is 9.10. The Morgan fingerprint density at radius 3 is 2.84 bits per heavy atom. The Kier molecular flexibility index (Phi) is 6.40. The Morgan fingerprint density at radius 2 is 2.26 bits per heavy atom. The van der Waals surface area contributed by atoms with Crippen molar-refractivity contribution in [1.29, 1.82) is 0 Å². The van der Waals surface area contributed by atoms with E-state index in [4.69, 9.17) is 5.84 Å². The van der Waals surface area contributed by atoms with Crippen molar-refractivity contribution in [2.75, 3.05) is 20.1 Å². The van der Waals surface area contributed by atoms with Crippen LogP contribution in [0, 0.1) is 0 Å². The molecular weight excluding hydrogens is 266 g/mol. The molecule has 106 valence electrons. The largest absolute Gasteiger partial charge is 0.358 e. The number of rotatable bonds is 7. The highest BCUT2D eigenvalue weighted by atomic mass is 32.1. The lowest BCUT2D eigenvalue weighted by atomic mass is 10.3. The van der Waals surface area contributed by atoms with E-state index in [1.807, 2.05) is 17.2 Å². The van der Waals surface area contributed by atoms with Gasteiger partial charge in [-0.3, -0.25) is 19.9 Å². The van der Waals surface area contributed by atoms with E-state index in [0.29, 0.717) is 18.1 Å². The number of carbonyl (C=O) groups excluding carboxylic acids is 2. The van der Waals surface area contributed by atoms with Crippen LogP contribution in [0.2, 0.25) is 0 Å². The maximum Gasteiger partial charge on any atom is 0.294 e. The van der Waals surface area contributed by atoms with Crippen molar-refractivity contribution < 1.29 is 9.59 Å². The molecule has 0 aliphatic rings. The van der Waals surface area contributed by atoms with Crippen LogP contribution in [0.5, 0.6) is 0 Å². The number of nitrogens with one attached hydrogen (secondary N) is 2. The lowest BCUT2D eigenvalue weighted by Gasteiger charge is -2.19. The summed E-state index contributed by atoms with van der Waals surface area (Å²) in [5.41, 5.74) is 2.81. The van der Waals surface area contributed by atoms with Crippen LogP contribution in [-0.2, 0) is 11.3 Å². The zero-order valence-electron chi connectivity index (χ0n) is 11.1. The molecule has 0 aliphatic heterocycles. The summed E-state index contributed by atoms with van der Waals surface area (Å²) in [5, 5.41) is 4.72. The summed E-state index contributed by atoms with van der Waals surface area (Å²) in [5.74, 6) is 4.61. The van der Waals surface area contributed by atoms with E-state index in [2.05, 4.69) is 10.3 Å². The number of aromatic nitrogens is 1. The summed E-state index contributed by atoms with van der Waals surface area (Å²) in [6.07, 6.45) is 0.942. The molecule has 0 saturated heterocycles. The molecule has 2 amide bonds. The molecule has 7 nitrogen and oxygen atoms in total. The maximum absolute atomic E-state index is 11.4. The van der Waals surface area contributed by atoms with Gasteiger partial charge in [-0.25, -0.2) is 10.8 Å². The fourth-order valence-electron chi connectivity index (χ4n) is 1.59. The highest BCUT2D eigenvalue weighted by Gasteiger charge is 2.14. The number of hydrogen-bond donors (Lipinski definition) is 3. The number of amides is 2. The van der Waals surface area contributed by atoms with Crippen LogP contribution in [0.1, 0.15) is 28.8 Å². The summed E-state index contributed by atoms with van der Waals surface area (Å²) in [4.78, 5) is 28.9. The molecule has 1 aromatic rings. The molecule has 0 unspecified atom stereocenters. The molecule has 8 heteroatoms. The number of hydrazine groups is 1. The predicted octanol–water partition coefficient (Wildman–Crippen LogP) is -0.295. The van der Waals surface area contributed by atoms with Crippen molar-refractivity contribution in [3.63, 3.8) is 0 Å². The third-order valence-electron chi connectivity index (χ3n) is 2.45. The Hall–Kier alpha value is -1.51. The Labute approximate surface area is 116 Å². The van der Waals surface area contributed by atoms with Gasteiger partial charge in [0, 0.05) is 19.0 Å². The molecule has 0 saturated carbocycles. The van der Waals surface area contributed by atoms with Gasteiger partial charge >= 0.3 is 0 Å². The molecule has 0 bridgehead atoms. The van der Waals surface area contributed by atoms with Crippen molar-refractivity contribution in [2.45, 2.75) is 19.9 Å². The van der Waals surface area contributed by atoms with Crippen molar-refractivity contribution in [2.24, 2.45) is 5.84 Å². The van der Waals surface area contributed by atoms with Gasteiger partial charge in [0.05, 0.1) is 12.2 Å². The van der Waals surface area contributed by atoms with Gasteiger partial charge in [-0.05, 0) is 13.0 Å². The van der Waals surface area contributed by atoms with Gasteiger partial charge < -0.3 is 5.32 Å². The Morgan fingerprint density at radius 1 is 1.53 bits per heavy atom. The van der Waals surface area contributed by atoms with E-state index in [0.717, 1.165) is 18.7 Å². The van der Waals surface area contributed by atoms with Crippen LogP contribution in [0.3, 0.4) is 0 Å². The summed E-state index contributed by atoms with van der Waals surface area (Å²) in [6.45, 7) is 3.70.